The number of hydrogen-bond acceptors (Lipinski definition) is 2. The summed E-state index contributed by atoms with van der Waals surface area (Å²) in [6, 6.07) is 7.06. The van der Waals surface area contributed by atoms with Crippen LogP contribution in [0.25, 0.3) is 0 Å². The van der Waals surface area contributed by atoms with Gasteiger partial charge in [0.15, 0.2) is 9.84 Å². The van der Waals surface area contributed by atoms with Crippen LogP contribution in [0, 0.1) is 6.92 Å². The Morgan fingerprint density at radius 2 is 1.79 bits per heavy atom. The molecule has 1 radical (unpaired) electrons. The zero-order valence-corrected chi connectivity index (χ0v) is 9.18. The highest BCUT2D eigenvalue weighted by Gasteiger charge is 2.05. The molecule has 0 heterocycles. The van der Waals surface area contributed by atoms with Crippen LogP contribution in [0.3, 0.4) is 0 Å². The Balaban J connectivity index is 2.79. The van der Waals surface area contributed by atoms with Gasteiger partial charge in [0, 0.05) is 6.26 Å². The Kier molecular flexibility index (Phi) is 3.69. The minimum Gasteiger partial charge on any atom is -0.224 e. The quantitative estimate of drug-likeness (QED) is 0.765. The number of unbranched alkanes of at least 4 members (excludes halogenated alkanes) is 1. The van der Waals surface area contributed by atoms with Crippen LogP contribution in [0.4, 0.5) is 0 Å². The van der Waals surface area contributed by atoms with Crippen LogP contribution in [0.1, 0.15) is 18.4 Å². The molecule has 1 aromatic carbocycles. The van der Waals surface area contributed by atoms with Crippen molar-refractivity contribution in [1.29, 1.82) is 0 Å². The van der Waals surface area contributed by atoms with Gasteiger partial charge in [-0.3, -0.25) is 0 Å². The van der Waals surface area contributed by atoms with Crippen molar-refractivity contribution in [3.63, 3.8) is 0 Å². The van der Waals surface area contributed by atoms with Crippen molar-refractivity contribution in [2.24, 2.45) is 0 Å². The van der Waals surface area contributed by atoms with Gasteiger partial charge in [0.05, 0.1) is 4.90 Å². The molecule has 0 N–H and O–H groups in total. The second kappa shape index (κ2) is 4.60. The fourth-order valence-corrected chi connectivity index (χ4v) is 1.86. The molecular formula is C11H15O2S. The molecule has 0 saturated carbocycles. The summed E-state index contributed by atoms with van der Waals surface area (Å²) in [5.74, 6) is 0. The van der Waals surface area contributed by atoms with Gasteiger partial charge in [-0.15, -0.1) is 0 Å². The van der Waals surface area contributed by atoms with Crippen molar-refractivity contribution in [3.8, 4) is 0 Å². The van der Waals surface area contributed by atoms with E-state index in [0.717, 1.165) is 19.3 Å². The summed E-state index contributed by atoms with van der Waals surface area (Å²) in [4.78, 5) is 0.385. The molecule has 0 atom stereocenters. The number of benzene rings is 1. The average molecular weight is 211 g/mol. The Morgan fingerprint density at radius 3 is 2.21 bits per heavy atom. The molecule has 1 rings (SSSR count). The molecule has 14 heavy (non-hydrogen) atoms. The van der Waals surface area contributed by atoms with Crippen molar-refractivity contribution >= 4 is 9.84 Å². The van der Waals surface area contributed by atoms with Gasteiger partial charge in [-0.1, -0.05) is 25.5 Å². The van der Waals surface area contributed by atoms with Gasteiger partial charge >= 0.3 is 0 Å². The van der Waals surface area contributed by atoms with Crippen LogP contribution >= 0.6 is 0 Å². The van der Waals surface area contributed by atoms with Crippen LogP contribution in [-0.2, 0) is 16.3 Å². The van der Waals surface area contributed by atoms with E-state index in [1.165, 1.54) is 11.8 Å². The van der Waals surface area contributed by atoms with E-state index < -0.39 is 9.84 Å². The molecule has 0 aromatic heterocycles. The Labute approximate surface area is 85.9 Å². The molecule has 0 unspecified atom stereocenters. The monoisotopic (exact) mass is 211 g/mol. The maximum Gasteiger partial charge on any atom is 0.175 e. The van der Waals surface area contributed by atoms with Gasteiger partial charge < -0.3 is 0 Å². The highest BCUT2D eigenvalue weighted by Crippen LogP contribution is 2.11. The summed E-state index contributed by atoms with van der Waals surface area (Å²) in [6.07, 6.45) is 4.14. The van der Waals surface area contributed by atoms with Crippen molar-refractivity contribution in [2.45, 2.75) is 24.2 Å². The molecule has 77 valence electrons. The first-order chi connectivity index (χ1) is 6.54. The van der Waals surface area contributed by atoms with E-state index in [-0.39, 0.29) is 0 Å². The fourth-order valence-electron chi connectivity index (χ4n) is 1.23. The molecular weight excluding hydrogens is 196 g/mol. The molecule has 0 aliphatic rings. The van der Waals surface area contributed by atoms with Crippen LogP contribution in [-0.4, -0.2) is 14.7 Å². The first kappa shape index (κ1) is 11.2. The molecule has 3 heteroatoms. The first-order valence-corrected chi connectivity index (χ1v) is 6.51. The van der Waals surface area contributed by atoms with Gasteiger partial charge in [0.2, 0.25) is 0 Å². The Hall–Kier alpha value is -0.830. The molecule has 0 spiro atoms. The molecule has 0 amide bonds. The minimum absolute atomic E-state index is 0.385. The number of rotatable bonds is 4. The van der Waals surface area contributed by atoms with Gasteiger partial charge in [0.25, 0.3) is 0 Å². The topological polar surface area (TPSA) is 34.1 Å². The molecule has 0 saturated heterocycles. The van der Waals surface area contributed by atoms with Crippen LogP contribution in [0.15, 0.2) is 29.2 Å². The minimum atomic E-state index is -3.05. The van der Waals surface area contributed by atoms with E-state index >= 15 is 0 Å². The number of sulfone groups is 1. The van der Waals surface area contributed by atoms with Gasteiger partial charge in [-0.25, -0.2) is 8.42 Å². The zero-order valence-electron chi connectivity index (χ0n) is 8.36. The van der Waals surface area contributed by atoms with Crippen molar-refractivity contribution < 1.29 is 8.42 Å². The highest BCUT2D eigenvalue weighted by molar-refractivity contribution is 7.90. The number of hydrogen-bond donors (Lipinski definition) is 0. The molecule has 0 aliphatic carbocycles. The van der Waals surface area contributed by atoms with Crippen molar-refractivity contribution in [3.05, 3.63) is 36.8 Å². The molecule has 0 bridgehead atoms. The molecule has 1 aromatic rings. The lowest BCUT2D eigenvalue weighted by Gasteiger charge is -2.01. The predicted molar refractivity (Wildman–Crippen MR) is 57.8 cm³/mol. The SMILES string of the molecule is [CH2]CCCc1ccc(S(C)(=O)=O)cc1. The smallest absolute Gasteiger partial charge is 0.175 e. The van der Waals surface area contributed by atoms with E-state index in [4.69, 9.17) is 0 Å². The van der Waals surface area contributed by atoms with E-state index in [9.17, 15) is 8.42 Å². The molecule has 2 nitrogen and oxygen atoms in total. The Bertz CT molecular complexity index is 376. The summed E-state index contributed by atoms with van der Waals surface area (Å²) in [6.45, 7) is 3.76. The second-order valence-electron chi connectivity index (χ2n) is 3.37. The number of aryl methyl sites for hydroxylation is 1. The maximum atomic E-state index is 11.1. The average Bonchev–Trinajstić information content (AvgIpc) is 2.14. The summed E-state index contributed by atoms with van der Waals surface area (Å²) in [5, 5.41) is 0. The summed E-state index contributed by atoms with van der Waals surface area (Å²) in [5.41, 5.74) is 1.17. The van der Waals surface area contributed by atoms with E-state index in [2.05, 4.69) is 6.92 Å². The predicted octanol–water partition coefficient (Wildman–Crippen LogP) is 2.25. The van der Waals surface area contributed by atoms with Gasteiger partial charge in [-0.05, 0) is 30.5 Å². The largest absolute Gasteiger partial charge is 0.224 e. The van der Waals surface area contributed by atoms with Gasteiger partial charge in [0.1, 0.15) is 0 Å². The summed E-state index contributed by atoms with van der Waals surface area (Å²) < 4.78 is 22.3. The molecule has 0 aliphatic heterocycles. The second-order valence-corrected chi connectivity index (χ2v) is 5.39. The third kappa shape index (κ3) is 3.14. The lowest BCUT2D eigenvalue weighted by molar-refractivity contribution is 0.602. The van der Waals surface area contributed by atoms with Gasteiger partial charge in [-0.2, -0.15) is 0 Å². The highest BCUT2D eigenvalue weighted by atomic mass is 32.2. The summed E-state index contributed by atoms with van der Waals surface area (Å²) >= 11 is 0. The maximum absolute atomic E-state index is 11.1. The zero-order chi connectivity index (χ0) is 10.6. The normalized spacial score (nSPS) is 11.6. The third-order valence-electron chi connectivity index (χ3n) is 2.07. The fraction of sp³-hybridized carbons (Fsp3) is 0.364. The lowest BCUT2D eigenvalue weighted by atomic mass is 10.1. The standard InChI is InChI=1S/C11H15O2S/c1-3-4-5-10-6-8-11(9-7-10)14(2,12)13/h6-9H,1,3-5H2,2H3. The van der Waals surface area contributed by atoms with Crippen molar-refractivity contribution in [2.75, 3.05) is 6.26 Å². The summed E-state index contributed by atoms with van der Waals surface area (Å²) in [7, 11) is -3.05. The molecule has 0 fully saturated rings. The van der Waals surface area contributed by atoms with Crippen molar-refractivity contribution in [1.82, 2.24) is 0 Å². The lowest BCUT2D eigenvalue weighted by Crippen LogP contribution is -1.96. The van der Waals surface area contributed by atoms with Crippen LogP contribution < -0.4 is 0 Å². The van der Waals surface area contributed by atoms with Crippen LogP contribution in [0.5, 0.6) is 0 Å². The Morgan fingerprint density at radius 1 is 1.21 bits per heavy atom. The first-order valence-electron chi connectivity index (χ1n) is 4.62. The van der Waals surface area contributed by atoms with Crippen LogP contribution in [0.2, 0.25) is 0 Å². The van der Waals surface area contributed by atoms with E-state index in [0.29, 0.717) is 4.90 Å². The van der Waals surface area contributed by atoms with E-state index in [1.807, 2.05) is 12.1 Å². The third-order valence-corrected chi connectivity index (χ3v) is 3.20. The van der Waals surface area contributed by atoms with E-state index in [1.54, 1.807) is 12.1 Å².